The third-order valence-electron chi connectivity index (χ3n) is 13.0. The van der Waals surface area contributed by atoms with Crippen molar-refractivity contribution in [1.29, 1.82) is 0 Å². The van der Waals surface area contributed by atoms with Crippen LogP contribution in [0.3, 0.4) is 0 Å². The maximum absolute atomic E-state index is 14.6. The summed E-state index contributed by atoms with van der Waals surface area (Å²) in [6.45, 7) is 2.31. The number of aliphatic hydroxyl groups is 1. The number of aromatic hydroxyl groups is 1. The average Bonchev–Trinajstić information content (AvgIpc) is 3.83. The molecule has 71 heavy (non-hydrogen) atoms. The Kier molecular flexibility index (Phi) is 22.0. The van der Waals surface area contributed by atoms with Gasteiger partial charge in [0, 0.05) is 25.9 Å². The van der Waals surface area contributed by atoms with Crippen LogP contribution in [-0.2, 0) is 59.2 Å². The lowest BCUT2D eigenvalue weighted by Crippen LogP contribution is -2.62. The predicted molar refractivity (Wildman–Crippen MR) is 252 cm³/mol. The van der Waals surface area contributed by atoms with Crippen molar-refractivity contribution in [2.24, 2.45) is 29.0 Å². The SMILES string of the molecule is CCC(C)C1NC(=O)[C@H](Cc2ccc(O)cc2)NC(O)CCC(=O)NC[C@@H](C(=O)N2CCCC2C(=O)N[C@H](C(=O)NCC(N)=O)C2CCCCC2)NC(=O)[C@H](CC(N)=O)NC(=O)[C@H](CCC(N)=O)NC1=O. The zero-order valence-corrected chi connectivity index (χ0v) is 40.2. The van der Waals surface area contributed by atoms with Crippen LogP contribution in [0.2, 0.25) is 0 Å². The second-order valence-electron chi connectivity index (χ2n) is 18.4. The summed E-state index contributed by atoms with van der Waals surface area (Å²) in [7, 11) is 0. The van der Waals surface area contributed by atoms with E-state index in [2.05, 4.69) is 42.5 Å². The molecular weight excluding hydrogens is 929 g/mol. The third kappa shape index (κ3) is 17.8. The molecule has 1 aromatic carbocycles. The molecule has 25 nitrogen and oxygen atoms in total. The number of nitrogens with one attached hydrogen (secondary N) is 8. The Morgan fingerprint density at radius 1 is 0.775 bits per heavy atom. The van der Waals surface area contributed by atoms with Gasteiger partial charge in [0.2, 0.25) is 65.0 Å². The van der Waals surface area contributed by atoms with Crippen LogP contribution in [0.1, 0.15) is 103 Å². The number of benzene rings is 1. The predicted octanol–water partition coefficient (Wildman–Crippen LogP) is -4.09. The van der Waals surface area contributed by atoms with Gasteiger partial charge >= 0.3 is 0 Å². The second kappa shape index (κ2) is 27.5. The number of nitrogens with two attached hydrogens (primary N) is 3. The van der Waals surface area contributed by atoms with E-state index in [0.717, 1.165) is 19.3 Å². The van der Waals surface area contributed by atoms with E-state index in [-0.39, 0.29) is 37.5 Å². The minimum absolute atomic E-state index is 0.00368. The van der Waals surface area contributed by atoms with Crippen LogP contribution in [0.25, 0.3) is 0 Å². The number of nitrogens with zero attached hydrogens (tertiary/aromatic N) is 1. The number of aliphatic hydroxyl groups excluding tert-OH is 1. The van der Waals surface area contributed by atoms with Gasteiger partial charge in [-0.2, -0.15) is 0 Å². The summed E-state index contributed by atoms with van der Waals surface area (Å²) in [6.07, 6.45) is 0.588. The molecule has 4 rings (SSSR count). The summed E-state index contributed by atoms with van der Waals surface area (Å²) in [5.74, 6) is -10.4. The fourth-order valence-electron chi connectivity index (χ4n) is 8.81. The molecule has 2 saturated heterocycles. The summed E-state index contributed by atoms with van der Waals surface area (Å²) in [5.41, 5.74) is 16.7. The second-order valence-corrected chi connectivity index (χ2v) is 18.4. The monoisotopic (exact) mass is 999 g/mol. The van der Waals surface area contributed by atoms with Gasteiger partial charge in [0.1, 0.15) is 48.2 Å². The summed E-state index contributed by atoms with van der Waals surface area (Å²) in [6, 6.07) is -4.02. The van der Waals surface area contributed by atoms with Gasteiger partial charge in [-0.15, -0.1) is 0 Å². The van der Waals surface area contributed by atoms with Crippen molar-refractivity contribution >= 4 is 65.0 Å². The fraction of sp³-hybridized carbons (Fsp3) is 0.630. The van der Waals surface area contributed by atoms with Crippen LogP contribution >= 0.6 is 0 Å². The molecule has 2 aliphatic heterocycles. The average molecular weight is 999 g/mol. The van der Waals surface area contributed by atoms with Crippen LogP contribution in [0.5, 0.6) is 5.75 Å². The molecule has 4 unspecified atom stereocenters. The topological polar surface area (TPSA) is 406 Å². The van der Waals surface area contributed by atoms with Gasteiger partial charge in [0.15, 0.2) is 0 Å². The van der Waals surface area contributed by atoms with E-state index in [1.54, 1.807) is 26.0 Å². The van der Waals surface area contributed by atoms with Gasteiger partial charge in [-0.1, -0.05) is 51.7 Å². The van der Waals surface area contributed by atoms with Crippen molar-refractivity contribution in [3.63, 3.8) is 0 Å². The summed E-state index contributed by atoms with van der Waals surface area (Å²) >= 11 is 0. The van der Waals surface area contributed by atoms with Crippen molar-refractivity contribution in [3.8, 4) is 5.75 Å². The molecule has 0 radical (unpaired) electrons. The number of primary amides is 3. The van der Waals surface area contributed by atoms with Gasteiger partial charge in [-0.3, -0.25) is 58.1 Å². The zero-order chi connectivity index (χ0) is 52.4. The molecule has 1 saturated carbocycles. The molecule has 0 bridgehead atoms. The van der Waals surface area contributed by atoms with E-state index in [1.807, 2.05) is 0 Å². The summed E-state index contributed by atoms with van der Waals surface area (Å²) in [5, 5.41) is 41.6. The molecule has 3 fully saturated rings. The molecule has 9 atom stereocenters. The van der Waals surface area contributed by atoms with Crippen molar-refractivity contribution in [2.75, 3.05) is 19.6 Å². The minimum atomic E-state index is -1.82. The Labute approximate surface area is 411 Å². The van der Waals surface area contributed by atoms with E-state index in [4.69, 9.17) is 17.2 Å². The summed E-state index contributed by atoms with van der Waals surface area (Å²) in [4.78, 5) is 149. The van der Waals surface area contributed by atoms with E-state index in [9.17, 15) is 63.0 Å². The summed E-state index contributed by atoms with van der Waals surface area (Å²) < 4.78 is 0. The Hall–Kier alpha value is -6.89. The fourth-order valence-corrected chi connectivity index (χ4v) is 8.81. The highest BCUT2D eigenvalue weighted by Gasteiger charge is 2.42. The molecule has 25 heteroatoms. The molecule has 392 valence electrons. The smallest absolute Gasteiger partial charge is 0.247 e. The number of rotatable bonds is 16. The van der Waals surface area contributed by atoms with E-state index in [1.165, 1.54) is 17.0 Å². The van der Waals surface area contributed by atoms with Crippen LogP contribution in [0.4, 0.5) is 0 Å². The number of phenolic OH excluding ortho intramolecular Hbond substituents is 1. The van der Waals surface area contributed by atoms with Gasteiger partial charge in [0.05, 0.1) is 19.0 Å². The van der Waals surface area contributed by atoms with Crippen molar-refractivity contribution < 1.29 is 63.0 Å². The van der Waals surface area contributed by atoms with Gasteiger partial charge < -0.3 is 69.5 Å². The molecule has 11 amide bonds. The van der Waals surface area contributed by atoms with E-state index >= 15 is 0 Å². The standard InChI is InChI=1S/C46H70N12O13/c1-3-24(2)38-45(70)53-28(15-16-33(47)60)40(65)54-30(21-34(48)61)41(66)55-31(22-50-36(63)17-18-37(64)52-29(42(67)56-38)20-25-11-13-27(59)14-12-25)46(71)58-19-7-10-32(58)43(68)57-39(26-8-5-4-6-9-26)44(69)51-23-35(49)62/h11-14,24,26,28-32,37-39,52,59,64H,3-10,15-23H2,1-2H3,(H2,47,60)(H2,48,61)(H2,49,62)(H,50,63)(H,51,69)(H,53,70)(H,54,65)(H,55,66)(H,56,67)(H,57,68)/t24?,28-,29-,30-,31-,32?,37?,38?,39-/m0/s1. The van der Waals surface area contributed by atoms with Crippen LogP contribution in [-0.4, -0.2) is 148 Å². The van der Waals surface area contributed by atoms with Crippen LogP contribution in [0.15, 0.2) is 24.3 Å². The number of carbonyl (C=O) groups excluding carboxylic acids is 11. The molecule has 16 N–H and O–H groups in total. The Morgan fingerprint density at radius 3 is 2.06 bits per heavy atom. The van der Waals surface area contributed by atoms with Crippen molar-refractivity contribution in [2.45, 2.75) is 152 Å². The van der Waals surface area contributed by atoms with Gasteiger partial charge in [0.25, 0.3) is 0 Å². The van der Waals surface area contributed by atoms with Gasteiger partial charge in [-0.05, 0) is 74.5 Å². The first-order valence-electron chi connectivity index (χ1n) is 24.1. The lowest BCUT2D eigenvalue weighted by atomic mass is 9.83. The zero-order valence-electron chi connectivity index (χ0n) is 40.2. The maximum Gasteiger partial charge on any atom is 0.247 e. The highest BCUT2D eigenvalue weighted by atomic mass is 16.3. The third-order valence-corrected chi connectivity index (χ3v) is 13.0. The van der Waals surface area contributed by atoms with Gasteiger partial charge in [-0.25, -0.2) is 0 Å². The Morgan fingerprint density at radius 2 is 1.42 bits per heavy atom. The minimum Gasteiger partial charge on any atom is -0.508 e. The molecular formula is C46H70N12O13. The maximum atomic E-state index is 14.6. The Balaban J connectivity index is 1.70. The quantitative estimate of drug-likeness (QED) is 0.0749. The highest BCUT2D eigenvalue weighted by Crippen LogP contribution is 2.28. The normalized spacial score (nSPS) is 25.4. The van der Waals surface area contributed by atoms with E-state index < -0.39 is 158 Å². The van der Waals surface area contributed by atoms with Crippen molar-refractivity contribution in [1.82, 2.24) is 47.4 Å². The van der Waals surface area contributed by atoms with Crippen LogP contribution in [0, 0.1) is 11.8 Å². The highest BCUT2D eigenvalue weighted by molar-refractivity contribution is 5.99. The number of hydrogen-bond donors (Lipinski definition) is 13. The number of hydrogen-bond acceptors (Lipinski definition) is 14. The molecule has 2 heterocycles. The molecule has 3 aliphatic rings. The van der Waals surface area contributed by atoms with Crippen molar-refractivity contribution in [3.05, 3.63) is 29.8 Å². The first-order chi connectivity index (χ1) is 33.7. The first kappa shape index (κ1) is 56.7. The lowest BCUT2D eigenvalue weighted by Gasteiger charge is -2.33. The van der Waals surface area contributed by atoms with E-state index in [0.29, 0.717) is 31.2 Å². The number of amides is 11. The largest absolute Gasteiger partial charge is 0.508 e. The molecule has 1 aliphatic carbocycles. The molecule has 1 aromatic rings. The molecule has 0 spiro atoms. The number of likely N-dealkylation sites (tertiary alicyclic amines) is 1. The number of carbonyl (C=O) groups is 11. The number of phenols is 1. The van der Waals surface area contributed by atoms with Crippen LogP contribution < -0.4 is 59.7 Å². The molecule has 0 aromatic heterocycles. The first-order valence-corrected chi connectivity index (χ1v) is 24.1. The Bertz CT molecular complexity index is 2100. The lowest BCUT2D eigenvalue weighted by molar-refractivity contribution is -0.143.